The lowest BCUT2D eigenvalue weighted by Crippen LogP contribution is -2.37. The number of unbranched alkanes of at least 4 members (excludes halogenated alkanes) is 1. The third-order valence-corrected chi connectivity index (χ3v) is 4.30. The van der Waals surface area contributed by atoms with Crippen molar-refractivity contribution in [2.45, 2.75) is 58.5 Å². The zero-order valence-electron chi connectivity index (χ0n) is 15.4. The topological polar surface area (TPSA) is 84.2 Å². The van der Waals surface area contributed by atoms with Gasteiger partial charge in [-0.25, -0.2) is 0 Å². The van der Waals surface area contributed by atoms with Gasteiger partial charge in [-0.15, -0.1) is 0 Å². The molecule has 1 unspecified atom stereocenters. The highest BCUT2D eigenvalue weighted by molar-refractivity contribution is 5.95. The van der Waals surface area contributed by atoms with Crippen LogP contribution in [0.15, 0.2) is 36.5 Å². The second kappa shape index (κ2) is 9.75. The number of hydrogen-bond acceptors (Lipinski definition) is 3. The fourth-order valence-electron chi connectivity index (χ4n) is 2.86. The predicted octanol–water partition coefficient (Wildman–Crippen LogP) is 3.20. The van der Waals surface area contributed by atoms with Gasteiger partial charge in [-0.05, 0) is 31.7 Å². The van der Waals surface area contributed by atoms with Crippen molar-refractivity contribution in [2.24, 2.45) is 0 Å². The lowest BCUT2D eigenvalue weighted by molar-refractivity contribution is -0.137. The summed E-state index contributed by atoms with van der Waals surface area (Å²) in [5.41, 5.74) is 2.31. The number of benzene rings is 1. The first-order chi connectivity index (χ1) is 12.5. The minimum Gasteiger partial charge on any atom is -0.481 e. The van der Waals surface area contributed by atoms with E-state index in [4.69, 9.17) is 5.11 Å². The van der Waals surface area contributed by atoms with Crippen LogP contribution in [-0.4, -0.2) is 32.8 Å². The van der Waals surface area contributed by atoms with Crippen LogP contribution in [0.4, 0.5) is 0 Å². The van der Waals surface area contributed by atoms with Crippen LogP contribution in [0.2, 0.25) is 0 Å². The quantitative estimate of drug-likeness (QED) is 0.684. The molecule has 0 saturated carbocycles. The van der Waals surface area contributed by atoms with Crippen molar-refractivity contribution in [1.82, 2.24) is 15.1 Å². The van der Waals surface area contributed by atoms with Gasteiger partial charge in [0.15, 0.2) is 0 Å². The Labute approximate surface area is 154 Å². The van der Waals surface area contributed by atoms with Crippen molar-refractivity contribution in [3.05, 3.63) is 53.3 Å². The van der Waals surface area contributed by atoms with Crippen LogP contribution in [0.5, 0.6) is 0 Å². The van der Waals surface area contributed by atoms with Gasteiger partial charge in [-0.2, -0.15) is 5.10 Å². The number of amides is 1. The SMILES string of the molecule is CCCCn1cc(C(=O)NC(CCC(=O)O)Cc2ccccc2)c(C)n1. The number of hydrogen-bond donors (Lipinski definition) is 2. The van der Waals surface area contributed by atoms with E-state index in [1.807, 2.05) is 37.3 Å². The minimum absolute atomic E-state index is 0.0204. The zero-order chi connectivity index (χ0) is 18.9. The molecule has 1 amide bonds. The van der Waals surface area contributed by atoms with E-state index in [2.05, 4.69) is 17.3 Å². The van der Waals surface area contributed by atoms with Crippen LogP contribution in [0.25, 0.3) is 0 Å². The van der Waals surface area contributed by atoms with Gasteiger partial charge in [-0.3, -0.25) is 14.3 Å². The highest BCUT2D eigenvalue weighted by atomic mass is 16.4. The number of aliphatic carboxylic acids is 1. The molecular formula is C20H27N3O3. The molecule has 0 radical (unpaired) electrons. The molecule has 0 bridgehead atoms. The van der Waals surface area contributed by atoms with Gasteiger partial charge < -0.3 is 10.4 Å². The molecule has 2 aromatic rings. The third-order valence-electron chi connectivity index (χ3n) is 4.30. The van der Waals surface area contributed by atoms with Crippen molar-refractivity contribution in [2.75, 3.05) is 0 Å². The fraction of sp³-hybridized carbons (Fsp3) is 0.450. The summed E-state index contributed by atoms with van der Waals surface area (Å²) < 4.78 is 1.80. The number of carbonyl (C=O) groups excluding carboxylic acids is 1. The van der Waals surface area contributed by atoms with Gasteiger partial charge in [0, 0.05) is 25.2 Å². The van der Waals surface area contributed by atoms with Crippen molar-refractivity contribution in [1.29, 1.82) is 0 Å². The molecule has 0 fully saturated rings. The Bertz CT molecular complexity index is 725. The third kappa shape index (κ3) is 6.02. The van der Waals surface area contributed by atoms with Crippen molar-refractivity contribution >= 4 is 11.9 Å². The molecule has 1 aromatic heterocycles. The molecule has 0 saturated heterocycles. The summed E-state index contributed by atoms with van der Waals surface area (Å²) >= 11 is 0. The van der Waals surface area contributed by atoms with Crippen molar-refractivity contribution in [3.8, 4) is 0 Å². The number of rotatable bonds is 10. The Kier molecular flexibility index (Phi) is 7.38. The highest BCUT2D eigenvalue weighted by Crippen LogP contribution is 2.11. The van der Waals surface area contributed by atoms with Crippen LogP contribution >= 0.6 is 0 Å². The lowest BCUT2D eigenvalue weighted by Gasteiger charge is -2.18. The van der Waals surface area contributed by atoms with Crippen LogP contribution in [0.1, 0.15) is 54.2 Å². The number of carbonyl (C=O) groups is 2. The summed E-state index contributed by atoms with van der Waals surface area (Å²) in [6.45, 7) is 4.72. The van der Waals surface area contributed by atoms with E-state index in [9.17, 15) is 9.59 Å². The highest BCUT2D eigenvalue weighted by Gasteiger charge is 2.19. The molecule has 0 aliphatic rings. The Morgan fingerprint density at radius 2 is 2.00 bits per heavy atom. The van der Waals surface area contributed by atoms with Crippen LogP contribution in [0.3, 0.4) is 0 Å². The Hall–Kier alpha value is -2.63. The summed E-state index contributed by atoms with van der Waals surface area (Å²) in [5.74, 6) is -1.06. The molecule has 1 aromatic carbocycles. The molecule has 0 aliphatic heterocycles. The van der Waals surface area contributed by atoms with E-state index >= 15 is 0 Å². The molecule has 0 spiro atoms. The van der Waals surface area contributed by atoms with Crippen molar-refractivity contribution in [3.63, 3.8) is 0 Å². The molecular weight excluding hydrogens is 330 g/mol. The number of nitrogens with zero attached hydrogens (tertiary/aromatic N) is 2. The Balaban J connectivity index is 2.07. The smallest absolute Gasteiger partial charge is 0.303 e. The molecule has 26 heavy (non-hydrogen) atoms. The van der Waals surface area contributed by atoms with Gasteiger partial charge in [0.2, 0.25) is 0 Å². The molecule has 1 heterocycles. The van der Waals surface area contributed by atoms with E-state index < -0.39 is 5.97 Å². The molecule has 0 aliphatic carbocycles. The van der Waals surface area contributed by atoms with Crippen LogP contribution in [-0.2, 0) is 17.8 Å². The maximum Gasteiger partial charge on any atom is 0.303 e. The number of aromatic nitrogens is 2. The van der Waals surface area contributed by atoms with E-state index in [-0.39, 0.29) is 18.4 Å². The van der Waals surface area contributed by atoms with Crippen molar-refractivity contribution < 1.29 is 14.7 Å². The molecule has 6 heteroatoms. The summed E-state index contributed by atoms with van der Waals surface area (Å²) in [4.78, 5) is 23.6. The van der Waals surface area contributed by atoms with Crippen LogP contribution in [0, 0.1) is 6.92 Å². The zero-order valence-corrected chi connectivity index (χ0v) is 15.4. The predicted molar refractivity (Wildman–Crippen MR) is 100 cm³/mol. The maximum atomic E-state index is 12.7. The summed E-state index contributed by atoms with van der Waals surface area (Å²) in [6, 6.07) is 9.53. The molecule has 1 atom stereocenters. The summed E-state index contributed by atoms with van der Waals surface area (Å²) in [5, 5.41) is 16.4. The summed E-state index contributed by atoms with van der Waals surface area (Å²) in [7, 11) is 0. The first-order valence-corrected chi connectivity index (χ1v) is 9.10. The monoisotopic (exact) mass is 357 g/mol. The first-order valence-electron chi connectivity index (χ1n) is 9.10. The van der Waals surface area contributed by atoms with E-state index in [0.717, 1.165) is 24.9 Å². The fourth-order valence-corrected chi connectivity index (χ4v) is 2.86. The Morgan fingerprint density at radius 1 is 1.27 bits per heavy atom. The molecule has 140 valence electrons. The van der Waals surface area contributed by atoms with Gasteiger partial charge >= 0.3 is 5.97 Å². The number of nitrogens with one attached hydrogen (secondary N) is 1. The number of carboxylic acid groups (broad SMARTS) is 1. The largest absolute Gasteiger partial charge is 0.481 e. The van der Waals surface area contributed by atoms with E-state index in [1.165, 1.54) is 0 Å². The van der Waals surface area contributed by atoms with E-state index in [0.29, 0.717) is 24.1 Å². The minimum atomic E-state index is -0.860. The molecule has 2 rings (SSSR count). The first kappa shape index (κ1) is 19.7. The lowest BCUT2D eigenvalue weighted by atomic mass is 10.0. The van der Waals surface area contributed by atoms with Gasteiger partial charge in [0.1, 0.15) is 0 Å². The molecule has 6 nitrogen and oxygen atoms in total. The standard InChI is InChI=1S/C20H27N3O3/c1-3-4-12-23-14-18(15(2)22-23)20(26)21-17(10-11-19(24)25)13-16-8-6-5-7-9-16/h5-9,14,17H,3-4,10-13H2,1-2H3,(H,21,26)(H,24,25). The number of aryl methyl sites for hydroxylation is 2. The van der Waals surface area contributed by atoms with Gasteiger partial charge in [-0.1, -0.05) is 43.7 Å². The van der Waals surface area contributed by atoms with E-state index in [1.54, 1.807) is 10.9 Å². The average molecular weight is 357 g/mol. The average Bonchev–Trinajstić information content (AvgIpc) is 2.99. The second-order valence-electron chi connectivity index (χ2n) is 6.54. The van der Waals surface area contributed by atoms with Gasteiger partial charge in [0.25, 0.3) is 5.91 Å². The summed E-state index contributed by atoms with van der Waals surface area (Å²) in [6.07, 6.45) is 4.86. The molecule has 2 N–H and O–H groups in total. The Morgan fingerprint density at radius 3 is 2.65 bits per heavy atom. The normalized spacial score (nSPS) is 11.9. The maximum absolute atomic E-state index is 12.7. The van der Waals surface area contributed by atoms with Gasteiger partial charge in [0.05, 0.1) is 11.3 Å². The van der Waals surface area contributed by atoms with Crippen LogP contribution < -0.4 is 5.32 Å². The number of carboxylic acids is 1. The second-order valence-corrected chi connectivity index (χ2v) is 6.54.